The molecule has 0 radical (unpaired) electrons. The van der Waals surface area contributed by atoms with Crippen LogP contribution >= 0.6 is 0 Å². The van der Waals surface area contributed by atoms with Crippen LogP contribution in [-0.2, 0) is 11.3 Å². The van der Waals surface area contributed by atoms with E-state index < -0.39 is 0 Å². The summed E-state index contributed by atoms with van der Waals surface area (Å²) in [7, 11) is 2.01. The molecule has 1 heterocycles. The summed E-state index contributed by atoms with van der Waals surface area (Å²) in [5, 5.41) is 8.50. The molecule has 1 aliphatic rings. The Morgan fingerprint density at radius 3 is 2.67 bits per heavy atom. The van der Waals surface area contributed by atoms with Crippen LogP contribution in [0.5, 0.6) is 0 Å². The van der Waals surface area contributed by atoms with Gasteiger partial charge in [-0.25, -0.2) is 4.79 Å². The minimum atomic E-state index is -0.317. The zero-order valence-corrected chi connectivity index (χ0v) is 16.6. The summed E-state index contributed by atoms with van der Waals surface area (Å²) >= 11 is 0. The van der Waals surface area contributed by atoms with E-state index in [0.29, 0.717) is 23.6 Å². The van der Waals surface area contributed by atoms with Crippen molar-refractivity contribution in [2.75, 3.05) is 10.6 Å². The van der Waals surface area contributed by atoms with Crippen molar-refractivity contribution in [1.29, 1.82) is 0 Å². The predicted octanol–water partition coefficient (Wildman–Crippen LogP) is 2.73. The molecule has 4 rings (SSSR count). The van der Waals surface area contributed by atoms with E-state index in [-0.39, 0.29) is 18.4 Å². The Hall–Kier alpha value is -3.87. The van der Waals surface area contributed by atoms with Crippen LogP contribution in [0.2, 0.25) is 0 Å². The molecule has 30 heavy (non-hydrogen) atoms. The van der Waals surface area contributed by atoms with Crippen molar-refractivity contribution in [1.82, 2.24) is 5.32 Å². The lowest BCUT2D eigenvalue weighted by atomic mass is 9.92. The van der Waals surface area contributed by atoms with E-state index in [4.69, 9.17) is 4.99 Å². The molecule has 0 fully saturated rings. The average Bonchev–Trinajstić information content (AvgIpc) is 2.91. The van der Waals surface area contributed by atoms with E-state index in [1.54, 1.807) is 18.2 Å². The lowest BCUT2D eigenvalue weighted by Crippen LogP contribution is -2.28. The molecule has 0 spiro atoms. The second-order valence-electron chi connectivity index (χ2n) is 7.18. The van der Waals surface area contributed by atoms with Crippen LogP contribution in [0, 0.1) is 0 Å². The van der Waals surface area contributed by atoms with Crippen molar-refractivity contribution < 1.29 is 9.59 Å². The first-order valence-electron chi connectivity index (χ1n) is 9.74. The van der Waals surface area contributed by atoms with Crippen molar-refractivity contribution in [3.63, 3.8) is 0 Å². The number of fused-ring (bicyclic) bond motifs is 1. The van der Waals surface area contributed by atoms with Crippen LogP contribution in [0.1, 0.15) is 17.5 Å². The molecule has 148 valence electrons. The average molecular weight is 396 g/mol. The third-order valence-corrected chi connectivity index (χ3v) is 4.76. The first-order valence-corrected chi connectivity index (χ1v) is 9.74. The highest BCUT2D eigenvalue weighted by Crippen LogP contribution is 2.31. The highest BCUT2D eigenvalue weighted by molar-refractivity contribution is 6.33. The standard InChI is InChI=1S/C23H21BN4O2/c24-17-8-4-7-16(11-17)20-13-22(29)28-21-12-18(9-10-19(21)27-20)26-23(30)25-14-15-5-2-1-3-6-15/h1-12H,13-14,24H2,(H,28,29)(H2,25,26,30). The zero-order chi connectivity index (χ0) is 20.9. The van der Waals surface area contributed by atoms with Gasteiger partial charge in [0.1, 0.15) is 7.85 Å². The largest absolute Gasteiger partial charge is 0.334 e. The number of carbonyl (C=O) groups is 2. The van der Waals surface area contributed by atoms with Crippen molar-refractivity contribution in [3.8, 4) is 0 Å². The SMILES string of the molecule is Bc1cccc(C2=Nc3ccc(NC(=O)NCc4ccccc4)cc3NC(=O)C2)c1. The molecule has 0 saturated carbocycles. The molecule has 1 aliphatic heterocycles. The lowest BCUT2D eigenvalue weighted by Gasteiger charge is -2.10. The summed E-state index contributed by atoms with van der Waals surface area (Å²) in [6.45, 7) is 0.429. The quantitative estimate of drug-likeness (QED) is 0.593. The fraction of sp³-hybridized carbons (Fsp3) is 0.0870. The second-order valence-corrected chi connectivity index (χ2v) is 7.18. The van der Waals surface area contributed by atoms with E-state index >= 15 is 0 Å². The van der Waals surface area contributed by atoms with Crippen LogP contribution in [0.15, 0.2) is 77.8 Å². The molecule has 0 saturated heterocycles. The molecule has 0 bridgehead atoms. The number of carbonyl (C=O) groups excluding carboxylic acids is 2. The Morgan fingerprint density at radius 1 is 1.03 bits per heavy atom. The summed E-state index contributed by atoms with van der Waals surface area (Å²) in [6.07, 6.45) is 0.193. The number of hydrogen-bond donors (Lipinski definition) is 3. The predicted molar refractivity (Wildman–Crippen MR) is 123 cm³/mol. The number of hydrogen-bond acceptors (Lipinski definition) is 3. The fourth-order valence-electron chi connectivity index (χ4n) is 3.29. The van der Waals surface area contributed by atoms with Gasteiger partial charge in [-0.05, 0) is 29.3 Å². The van der Waals surface area contributed by atoms with Crippen molar-refractivity contribution in [2.45, 2.75) is 13.0 Å². The van der Waals surface area contributed by atoms with Gasteiger partial charge >= 0.3 is 6.03 Å². The second kappa shape index (κ2) is 8.65. The third kappa shape index (κ3) is 4.75. The van der Waals surface area contributed by atoms with Gasteiger partial charge in [-0.3, -0.25) is 9.79 Å². The third-order valence-electron chi connectivity index (χ3n) is 4.76. The molecule has 3 N–H and O–H groups in total. The van der Waals surface area contributed by atoms with E-state index in [2.05, 4.69) is 16.0 Å². The van der Waals surface area contributed by atoms with Gasteiger partial charge in [0.25, 0.3) is 0 Å². The molecule has 3 aromatic carbocycles. The summed E-state index contributed by atoms with van der Waals surface area (Å²) in [4.78, 5) is 29.3. The minimum absolute atomic E-state index is 0.139. The fourth-order valence-corrected chi connectivity index (χ4v) is 3.29. The maximum absolute atomic E-state index is 12.4. The number of aliphatic imine (C=N–C) groups is 1. The molecule has 3 aromatic rings. The van der Waals surface area contributed by atoms with Gasteiger partial charge in [-0.15, -0.1) is 0 Å². The molecule has 0 aliphatic carbocycles. The summed E-state index contributed by atoms with van der Waals surface area (Å²) in [5.41, 5.74) is 5.59. The molecule has 0 atom stereocenters. The highest BCUT2D eigenvalue weighted by atomic mass is 16.2. The number of amides is 3. The number of urea groups is 1. The minimum Gasteiger partial charge on any atom is -0.334 e. The van der Waals surface area contributed by atoms with Gasteiger partial charge in [-0.2, -0.15) is 0 Å². The topological polar surface area (TPSA) is 82.6 Å². The number of benzene rings is 3. The number of anilines is 2. The van der Waals surface area contributed by atoms with Gasteiger partial charge in [-0.1, -0.05) is 60.1 Å². The maximum atomic E-state index is 12.4. The van der Waals surface area contributed by atoms with Gasteiger partial charge < -0.3 is 16.0 Å². The van der Waals surface area contributed by atoms with E-state index in [0.717, 1.165) is 22.3 Å². The van der Waals surface area contributed by atoms with Crippen LogP contribution < -0.4 is 21.4 Å². The summed E-state index contributed by atoms with van der Waals surface area (Å²) in [6, 6.07) is 22.6. The van der Waals surface area contributed by atoms with Crippen molar-refractivity contribution in [3.05, 3.63) is 83.9 Å². The molecular formula is C23H21BN4O2. The Labute approximate surface area is 175 Å². The number of nitrogens with zero attached hydrogens (tertiary/aromatic N) is 1. The van der Waals surface area contributed by atoms with Crippen molar-refractivity contribution in [2.24, 2.45) is 4.99 Å². The van der Waals surface area contributed by atoms with Gasteiger partial charge in [0, 0.05) is 12.2 Å². The Kier molecular flexibility index (Phi) is 5.61. The monoisotopic (exact) mass is 396 g/mol. The van der Waals surface area contributed by atoms with Gasteiger partial charge in [0.15, 0.2) is 0 Å². The number of rotatable bonds is 4. The van der Waals surface area contributed by atoms with E-state index in [9.17, 15) is 9.59 Å². The number of nitrogens with one attached hydrogen (secondary N) is 3. The maximum Gasteiger partial charge on any atom is 0.319 e. The van der Waals surface area contributed by atoms with Crippen molar-refractivity contribution >= 4 is 48.0 Å². The smallest absolute Gasteiger partial charge is 0.319 e. The highest BCUT2D eigenvalue weighted by Gasteiger charge is 2.18. The summed E-state index contributed by atoms with van der Waals surface area (Å²) < 4.78 is 0. The van der Waals surface area contributed by atoms with Crippen LogP contribution in [0.3, 0.4) is 0 Å². The molecular weight excluding hydrogens is 375 g/mol. The molecule has 0 aromatic heterocycles. The Morgan fingerprint density at radius 2 is 1.87 bits per heavy atom. The molecule has 7 heteroatoms. The van der Waals surface area contributed by atoms with E-state index in [1.807, 2.05) is 62.4 Å². The normalized spacial score (nSPS) is 12.8. The molecule has 0 unspecified atom stereocenters. The zero-order valence-electron chi connectivity index (χ0n) is 16.6. The molecule has 6 nitrogen and oxygen atoms in total. The first-order chi connectivity index (χ1) is 14.6. The van der Waals surface area contributed by atoms with Crippen LogP contribution in [0.25, 0.3) is 0 Å². The lowest BCUT2D eigenvalue weighted by molar-refractivity contribution is -0.115. The van der Waals surface area contributed by atoms with Crippen LogP contribution in [0.4, 0.5) is 21.9 Å². The Balaban J connectivity index is 1.50. The Bertz CT molecular complexity index is 1130. The van der Waals surface area contributed by atoms with E-state index in [1.165, 1.54) is 0 Å². The first kappa shape index (κ1) is 19.5. The van der Waals surface area contributed by atoms with Crippen LogP contribution in [-0.4, -0.2) is 25.5 Å². The van der Waals surface area contributed by atoms with Gasteiger partial charge in [0.2, 0.25) is 5.91 Å². The summed E-state index contributed by atoms with van der Waals surface area (Å²) in [5.74, 6) is -0.139. The van der Waals surface area contributed by atoms with Gasteiger partial charge in [0.05, 0.1) is 23.5 Å². The molecule has 3 amide bonds.